The number of ether oxygens (including phenoxy) is 1. The minimum Gasteiger partial charge on any atom is -0.453 e. The van der Waals surface area contributed by atoms with Crippen molar-refractivity contribution in [3.05, 3.63) is 11.6 Å². The number of likely N-dealkylation sites (tertiary alicyclic amines) is 1. The van der Waals surface area contributed by atoms with Gasteiger partial charge in [-0.05, 0) is 111 Å². The normalized spacial score (nSPS) is 39.9. The molecule has 0 radical (unpaired) electrons. The number of fused-ring (bicyclic) bond motifs is 5. The zero-order valence-corrected chi connectivity index (χ0v) is 24.6. The highest BCUT2D eigenvalue weighted by atomic mass is 16.5. The summed E-state index contributed by atoms with van der Waals surface area (Å²) in [6.07, 6.45) is 14.9. The lowest BCUT2D eigenvalue weighted by molar-refractivity contribution is -0.133. The quantitative estimate of drug-likeness (QED) is 0.442. The fraction of sp³-hybridized carbons (Fsp3) is 0.875. The van der Waals surface area contributed by atoms with Crippen LogP contribution in [0.15, 0.2) is 11.6 Å². The number of amides is 2. The molecular weight excluding hydrogens is 476 g/mol. The number of rotatable bonds is 5. The van der Waals surface area contributed by atoms with E-state index in [-0.39, 0.29) is 24.1 Å². The zero-order valence-electron chi connectivity index (χ0n) is 24.6. The topological polar surface area (TPSA) is 70.1 Å². The molecule has 214 valence electrons. The molecule has 1 saturated heterocycles. The zero-order chi connectivity index (χ0) is 27.2. The van der Waals surface area contributed by atoms with Crippen molar-refractivity contribution >= 4 is 12.0 Å². The monoisotopic (exact) mass is 528 g/mol. The van der Waals surface area contributed by atoms with Crippen LogP contribution in [0.1, 0.15) is 97.8 Å². The van der Waals surface area contributed by atoms with Gasteiger partial charge in [-0.1, -0.05) is 32.4 Å². The molecule has 5 aliphatic rings. The van der Waals surface area contributed by atoms with Crippen molar-refractivity contribution in [1.29, 1.82) is 0 Å². The first-order chi connectivity index (χ1) is 18.1. The lowest BCUT2D eigenvalue weighted by Crippen LogP contribution is -2.50. The van der Waals surface area contributed by atoms with Crippen LogP contribution in [0.3, 0.4) is 0 Å². The van der Waals surface area contributed by atoms with Gasteiger partial charge in [-0.2, -0.15) is 0 Å². The van der Waals surface area contributed by atoms with Crippen molar-refractivity contribution in [1.82, 2.24) is 9.80 Å². The van der Waals surface area contributed by atoms with Crippen LogP contribution < -0.4 is 0 Å². The predicted molar refractivity (Wildman–Crippen MR) is 149 cm³/mol. The standard InChI is InChI=1S/C32H52N2O4/c1-21(6-11-29(36)33(4)23-14-18-34(19-15-23)30(37)38-5)26-9-10-27-25-8-7-22-20-24(35)12-16-31(22,2)28(25)13-17-32(26,27)3/h7,21,23-28,35H,6,8-20H2,1-5H3/t21-,24+,25+,26-,27+,28+,31+,32-/m1/s1. The average molecular weight is 529 g/mol. The van der Waals surface area contributed by atoms with Crippen molar-refractivity contribution in [3.63, 3.8) is 0 Å². The lowest BCUT2D eigenvalue weighted by Gasteiger charge is -2.58. The van der Waals surface area contributed by atoms with E-state index >= 15 is 0 Å². The van der Waals surface area contributed by atoms with E-state index in [1.54, 1.807) is 10.5 Å². The highest BCUT2D eigenvalue weighted by Crippen LogP contribution is 2.67. The fourth-order valence-electron chi connectivity index (χ4n) is 10.1. The second kappa shape index (κ2) is 10.8. The summed E-state index contributed by atoms with van der Waals surface area (Å²) in [6, 6.07) is 0.217. The summed E-state index contributed by atoms with van der Waals surface area (Å²) in [7, 11) is 3.38. The van der Waals surface area contributed by atoms with Crippen molar-refractivity contribution in [2.24, 2.45) is 40.4 Å². The molecule has 1 heterocycles. The SMILES string of the molecule is COC(=O)N1CCC(N(C)C(=O)CC[C@@H](C)[C@H]2CC[C@H]3[C@@H]4CC=C5C[C@@H](O)CC[C@]5(C)[C@H]4CC[C@]23C)CC1. The Bertz CT molecular complexity index is 926. The molecule has 0 aromatic carbocycles. The van der Waals surface area contributed by atoms with Gasteiger partial charge < -0.3 is 19.6 Å². The minimum atomic E-state index is -0.264. The maximum Gasteiger partial charge on any atom is 0.409 e. The number of piperidine rings is 1. The molecule has 1 N–H and O–H groups in total. The van der Waals surface area contributed by atoms with Gasteiger partial charge >= 0.3 is 6.09 Å². The highest BCUT2D eigenvalue weighted by molar-refractivity contribution is 5.76. The molecule has 0 bridgehead atoms. The number of nitrogens with zero attached hydrogens (tertiary/aromatic N) is 2. The molecule has 1 aliphatic heterocycles. The Hall–Kier alpha value is -1.56. The molecule has 4 aliphatic carbocycles. The molecule has 0 spiro atoms. The molecule has 6 heteroatoms. The molecular formula is C32H52N2O4. The third-order valence-corrected chi connectivity index (χ3v) is 12.5. The maximum atomic E-state index is 13.2. The van der Waals surface area contributed by atoms with Crippen LogP contribution in [0.25, 0.3) is 0 Å². The van der Waals surface area contributed by atoms with Crippen LogP contribution in [-0.4, -0.2) is 66.3 Å². The molecule has 3 saturated carbocycles. The third-order valence-electron chi connectivity index (χ3n) is 12.5. The Morgan fingerprint density at radius 2 is 1.84 bits per heavy atom. The van der Waals surface area contributed by atoms with Gasteiger partial charge in [0.15, 0.2) is 0 Å². The molecule has 5 rings (SSSR count). The molecule has 0 aromatic heterocycles. The van der Waals surface area contributed by atoms with Gasteiger partial charge in [0, 0.05) is 32.6 Å². The van der Waals surface area contributed by atoms with E-state index in [1.165, 1.54) is 39.2 Å². The second-order valence-electron chi connectivity index (χ2n) is 14.1. The van der Waals surface area contributed by atoms with E-state index in [1.807, 2.05) is 11.9 Å². The number of allylic oxidation sites excluding steroid dienone is 1. The summed E-state index contributed by atoms with van der Waals surface area (Å²) in [5.41, 5.74) is 2.26. The molecule has 2 amide bonds. The molecule has 4 fully saturated rings. The van der Waals surface area contributed by atoms with E-state index in [0.717, 1.165) is 56.3 Å². The fourth-order valence-corrected chi connectivity index (χ4v) is 10.1. The van der Waals surface area contributed by atoms with Gasteiger partial charge in [-0.3, -0.25) is 4.79 Å². The largest absolute Gasteiger partial charge is 0.453 e. The second-order valence-corrected chi connectivity index (χ2v) is 14.1. The van der Waals surface area contributed by atoms with Crippen molar-refractivity contribution < 1.29 is 19.4 Å². The van der Waals surface area contributed by atoms with E-state index in [9.17, 15) is 14.7 Å². The Labute approximate surface area is 230 Å². The predicted octanol–water partition coefficient (Wildman–Crippen LogP) is 6.03. The number of methoxy groups -OCH3 is 1. The lowest BCUT2D eigenvalue weighted by atomic mass is 9.47. The van der Waals surface area contributed by atoms with Crippen LogP contribution in [0, 0.1) is 40.4 Å². The van der Waals surface area contributed by atoms with E-state index in [4.69, 9.17) is 4.74 Å². The first kappa shape index (κ1) is 28.0. The van der Waals surface area contributed by atoms with Crippen molar-refractivity contribution in [2.75, 3.05) is 27.2 Å². The first-order valence-corrected chi connectivity index (χ1v) is 15.5. The van der Waals surface area contributed by atoms with Crippen LogP contribution >= 0.6 is 0 Å². The van der Waals surface area contributed by atoms with Gasteiger partial charge in [-0.15, -0.1) is 0 Å². The summed E-state index contributed by atoms with van der Waals surface area (Å²) in [6.45, 7) is 8.84. The molecule has 6 nitrogen and oxygen atoms in total. The Kier molecular flexibility index (Phi) is 7.94. The van der Waals surface area contributed by atoms with Crippen LogP contribution in [0.2, 0.25) is 0 Å². The molecule has 0 unspecified atom stereocenters. The van der Waals surface area contributed by atoms with Crippen LogP contribution in [0.4, 0.5) is 4.79 Å². The van der Waals surface area contributed by atoms with Crippen molar-refractivity contribution in [3.8, 4) is 0 Å². The number of aliphatic hydroxyl groups is 1. The summed E-state index contributed by atoms with van der Waals surface area (Å²) in [5, 5.41) is 10.3. The third kappa shape index (κ3) is 4.81. The van der Waals surface area contributed by atoms with E-state index < -0.39 is 0 Å². The molecule has 38 heavy (non-hydrogen) atoms. The van der Waals surface area contributed by atoms with Gasteiger partial charge in [0.25, 0.3) is 0 Å². The van der Waals surface area contributed by atoms with E-state index in [2.05, 4.69) is 26.8 Å². The van der Waals surface area contributed by atoms with E-state index in [0.29, 0.717) is 42.2 Å². The number of carbonyl (C=O) groups is 2. The Morgan fingerprint density at radius 1 is 1.11 bits per heavy atom. The number of hydrogen-bond donors (Lipinski definition) is 1. The van der Waals surface area contributed by atoms with Gasteiger partial charge in [0.2, 0.25) is 5.91 Å². The maximum absolute atomic E-state index is 13.2. The first-order valence-electron chi connectivity index (χ1n) is 15.5. The molecule has 0 aromatic rings. The van der Waals surface area contributed by atoms with Gasteiger partial charge in [0.05, 0.1) is 13.2 Å². The molecule has 8 atom stereocenters. The van der Waals surface area contributed by atoms with Crippen LogP contribution in [0.5, 0.6) is 0 Å². The summed E-state index contributed by atoms with van der Waals surface area (Å²) < 4.78 is 4.85. The number of aliphatic hydroxyl groups excluding tert-OH is 1. The smallest absolute Gasteiger partial charge is 0.409 e. The summed E-state index contributed by atoms with van der Waals surface area (Å²) in [4.78, 5) is 28.7. The van der Waals surface area contributed by atoms with Gasteiger partial charge in [0.1, 0.15) is 0 Å². The minimum absolute atomic E-state index is 0.133. The number of carbonyl (C=O) groups excluding carboxylic acids is 2. The number of hydrogen-bond acceptors (Lipinski definition) is 4. The van der Waals surface area contributed by atoms with Crippen LogP contribution in [-0.2, 0) is 9.53 Å². The summed E-state index contributed by atoms with van der Waals surface area (Å²) in [5.74, 6) is 3.90. The Balaban J connectivity index is 1.16. The van der Waals surface area contributed by atoms with Crippen molar-refractivity contribution in [2.45, 2.75) is 110 Å². The summed E-state index contributed by atoms with van der Waals surface area (Å²) >= 11 is 0. The Morgan fingerprint density at radius 3 is 2.55 bits per heavy atom. The highest BCUT2D eigenvalue weighted by Gasteiger charge is 2.59. The average Bonchev–Trinajstić information content (AvgIpc) is 3.28. The van der Waals surface area contributed by atoms with Gasteiger partial charge in [-0.25, -0.2) is 4.79 Å².